The minimum Gasteiger partial charge on any atom is -0.462 e. The Kier molecular flexibility index (Phi) is 64.6. The lowest BCUT2D eigenvalue weighted by molar-refractivity contribution is -0.167. The van der Waals surface area contributed by atoms with Crippen LogP contribution in [0.4, 0.5) is 0 Å². The van der Waals surface area contributed by atoms with Gasteiger partial charge in [-0.05, 0) is 64.2 Å². The van der Waals surface area contributed by atoms with Crippen molar-refractivity contribution in [2.24, 2.45) is 0 Å². The third kappa shape index (κ3) is 64.6. The number of rotatable bonds is 65. The zero-order chi connectivity index (χ0) is 55.7. The Morgan fingerprint density at radius 1 is 0.247 bits per heavy atom. The fourth-order valence-electron chi connectivity index (χ4n) is 10.7. The van der Waals surface area contributed by atoms with Crippen LogP contribution in [0.15, 0.2) is 24.3 Å². The predicted octanol–water partition coefficient (Wildman–Crippen LogP) is 23.8. The molecule has 454 valence electrons. The van der Waals surface area contributed by atoms with Crippen molar-refractivity contribution >= 4 is 17.9 Å². The summed E-state index contributed by atoms with van der Waals surface area (Å²) < 4.78 is 16.9. The monoisotopic (exact) mass is 1080 g/mol. The minimum absolute atomic E-state index is 0.0728. The van der Waals surface area contributed by atoms with Gasteiger partial charge in [0.2, 0.25) is 0 Å². The second kappa shape index (κ2) is 66.4. The maximum atomic E-state index is 12.9. The topological polar surface area (TPSA) is 78.9 Å². The molecule has 0 aromatic heterocycles. The molecule has 0 aliphatic heterocycles. The van der Waals surface area contributed by atoms with Crippen molar-refractivity contribution < 1.29 is 28.6 Å². The first kappa shape index (κ1) is 74.9. The molecule has 0 rings (SSSR count). The molecular formula is C71H134O6. The van der Waals surface area contributed by atoms with E-state index >= 15 is 0 Å². The Morgan fingerprint density at radius 3 is 0.701 bits per heavy atom. The van der Waals surface area contributed by atoms with Crippen molar-refractivity contribution in [3.8, 4) is 0 Å². The maximum Gasteiger partial charge on any atom is 0.306 e. The summed E-state index contributed by atoms with van der Waals surface area (Å²) in [5, 5.41) is 0. The number of allylic oxidation sites excluding steroid dienone is 4. The van der Waals surface area contributed by atoms with Crippen LogP contribution in [-0.2, 0) is 28.6 Å². The van der Waals surface area contributed by atoms with Gasteiger partial charge >= 0.3 is 17.9 Å². The van der Waals surface area contributed by atoms with Crippen LogP contribution in [0.1, 0.15) is 393 Å². The average molecular weight is 1080 g/mol. The van der Waals surface area contributed by atoms with E-state index in [0.29, 0.717) is 19.3 Å². The van der Waals surface area contributed by atoms with E-state index in [4.69, 9.17) is 14.2 Å². The minimum atomic E-state index is -0.776. The molecule has 0 N–H and O–H groups in total. The van der Waals surface area contributed by atoms with Gasteiger partial charge in [-0.25, -0.2) is 0 Å². The first-order chi connectivity index (χ1) is 38.0. The normalized spacial score (nSPS) is 12.1. The summed E-state index contributed by atoms with van der Waals surface area (Å²) in [5.41, 5.74) is 0. The van der Waals surface area contributed by atoms with E-state index in [9.17, 15) is 14.4 Å². The van der Waals surface area contributed by atoms with E-state index in [1.54, 1.807) is 0 Å². The number of hydrogen-bond donors (Lipinski definition) is 0. The van der Waals surface area contributed by atoms with Crippen molar-refractivity contribution in [2.45, 2.75) is 399 Å². The van der Waals surface area contributed by atoms with E-state index in [-0.39, 0.29) is 31.1 Å². The SMILES string of the molecule is CCC/C=C\CCCCCCCC(=O)OCC(COC(=O)CCCCCCCCCCCCCCCCCCCCCCCCCCCCCCCCCCCC)OC(=O)CCCCCCC/C=C\CCCCCCCC. The number of unbranched alkanes of at least 4 members (excludes halogenated alkanes) is 50. The summed E-state index contributed by atoms with van der Waals surface area (Å²) >= 11 is 0. The Bertz CT molecular complexity index is 1240. The molecule has 0 radical (unpaired) electrons. The lowest BCUT2D eigenvalue weighted by atomic mass is 10.0. The molecule has 0 aromatic rings. The molecule has 0 saturated carbocycles. The molecule has 77 heavy (non-hydrogen) atoms. The molecule has 6 nitrogen and oxygen atoms in total. The Labute approximate surface area is 481 Å². The molecule has 0 aromatic carbocycles. The first-order valence-electron chi connectivity index (χ1n) is 34.8. The van der Waals surface area contributed by atoms with Crippen LogP contribution in [0.3, 0.4) is 0 Å². The number of carbonyl (C=O) groups is 3. The number of ether oxygens (including phenoxy) is 3. The number of esters is 3. The van der Waals surface area contributed by atoms with Gasteiger partial charge in [0.25, 0.3) is 0 Å². The molecular weight excluding hydrogens is 949 g/mol. The van der Waals surface area contributed by atoms with Gasteiger partial charge < -0.3 is 14.2 Å². The van der Waals surface area contributed by atoms with Crippen molar-refractivity contribution in [3.05, 3.63) is 24.3 Å². The third-order valence-corrected chi connectivity index (χ3v) is 15.9. The molecule has 1 unspecified atom stereocenters. The number of hydrogen-bond acceptors (Lipinski definition) is 6. The molecule has 0 bridgehead atoms. The summed E-state index contributed by atoms with van der Waals surface area (Å²) in [4.78, 5) is 38.2. The zero-order valence-corrected chi connectivity index (χ0v) is 52.3. The van der Waals surface area contributed by atoms with Gasteiger partial charge in [0.1, 0.15) is 13.2 Å². The molecule has 0 saturated heterocycles. The predicted molar refractivity (Wildman–Crippen MR) is 335 cm³/mol. The average Bonchev–Trinajstić information content (AvgIpc) is 3.43. The molecule has 0 aliphatic carbocycles. The second-order valence-electron chi connectivity index (χ2n) is 23.8. The zero-order valence-electron chi connectivity index (χ0n) is 52.3. The summed E-state index contributed by atoms with van der Waals surface area (Å²) in [6, 6.07) is 0. The highest BCUT2D eigenvalue weighted by atomic mass is 16.6. The lowest BCUT2D eigenvalue weighted by Gasteiger charge is -2.18. The summed E-state index contributed by atoms with van der Waals surface area (Å²) in [5.74, 6) is -0.869. The quantitative estimate of drug-likeness (QED) is 0.0261. The van der Waals surface area contributed by atoms with Crippen molar-refractivity contribution in [2.75, 3.05) is 13.2 Å². The molecule has 0 aliphatic rings. The van der Waals surface area contributed by atoms with Gasteiger partial charge in [-0.2, -0.15) is 0 Å². The third-order valence-electron chi connectivity index (χ3n) is 15.9. The maximum absolute atomic E-state index is 12.9. The fraction of sp³-hybridized carbons (Fsp3) is 0.901. The van der Waals surface area contributed by atoms with Crippen LogP contribution in [0.5, 0.6) is 0 Å². The van der Waals surface area contributed by atoms with Gasteiger partial charge in [-0.3, -0.25) is 14.4 Å². The van der Waals surface area contributed by atoms with E-state index in [2.05, 4.69) is 45.1 Å². The molecule has 0 spiro atoms. The van der Waals surface area contributed by atoms with Crippen LogP contribution in [0, 0.1) is 0 Å². The van der Waals surface area contributed by atoms with Crippen LogP contribution in [-0.4, -0.2) is 37.2 Å². The molecule has 6 heteroatoms. The van der Waals surface area contributed by atoms with Crippen molar-refractivity contribution in [3.63, 3.8) is 0 Å². The van der Waals surface area contributed by atoms with Gasteiger partial charge in [0.05, 0.1) is 0 Å². The lowest BCUT2D eigenvalue weighted by Crippen LogP contribution is -2.30. The second-order valence-corrected chi connectivity index (χ2v) is 23.8. The highest BCUT2D eigenvalue weighted by molar-refractivity contribution is 5.71. The van der Waals surface area contributed by atoms with Gasteiger partial charge in [-0.15, -0.1) is 0 Å². The molecule has 0 fully saturated rings. The summed E-state index contributed by atoms with van der Waals surface area (Å²) in [6.07, 6.45) is 81.0. The first-order valence-corrected chi connectivity index (χ1v) is 34.8. The van der Waals surface area contributed by atoms with Crippen molar-refractivity contribution in [1.29, 1.82) is 0 Å². The number of carbonyl (C=O) groups excluding carboxylic acids is 3. The summed E-state index contributed by atoms with van der Waals surface area (Å²) in [7, 11) is 0. The Morgan fingerprint density at radius 2 is 0.455 bits per heavy atom. The van der Waals surface area contributed by atoms with E-state index in [1.165, 1.54) is 276 Å². The molecule has 0 amide bonds. The largest absolute Gasteiger partial charge is 0.462 e. The Balaban J connectivity index is 3.98. The smallest absolute Gasteiger partial charge is 0.306 e. The van der Waals surface area contributed by atoms with Crippen LogP contribution >= 0.6 is 0 Å². The highest BCUT2D eigenvalue weighted by Gasteiger charge is 2.19. The van der Waals surface area contributed by atoms with Crippen LogP contribution in [0.2, 0.25) is 0 Å². The van der Waals surface area contributed by atoms with Crippen LogP contribution in [0.25, 0.3) is 0 Å². The van der Waals surface area contributed by atoms with E-state index < -0.39 is 6.10 Å². The highest BCUT2D eigenvalue weighted by Crippen LogP contribution is 2.19. The van der Waals surface area contributed by atoms with Crippen molar-refractivity contribution in [1.82, 2.24) is 0 Å². The molecule has 1 atom stereocenters. The summed E-state index contributed by atoms with van der Waals surface area (Å²) in [6.45, 7) is 6.62. The van der Waals surface area contributed by atoms with Gasteiger partial charge in [-0.1, -0.05) is 334 Å². The van der Waals surface area contributed by atoms with Crippen LogP contribution < -0.4 is 0 Å². The van der Waals surface area contributed by atoms with Gasteiger partial charge in [0, 0.05) is 19.3 Å². The standard InChI is InChI=1S/C71H134O6/c1-4-7-10-13-16-19-22-24-26-27-28-29-30-31-32-33-34-35-36-37-38-39-40-41-42-43-44-46-47-49-52-55-58-61-64-70(73)76-67-68(66-75-69(72)63-60-57-54-51-21-18-15-12-9-6-3)77-71(74)65-62-59-56-53-50-48-45-25-23-20-17-14-11-8-5-2/h12,15,25,45,68H,4-11,13-14,16-24,26-44,46-67H2,1-3H3/b15-12-,45-25-. The van der Waals surface area contributed by atoms with Gasteiger partial charge in [0.15, 0.2) is 6.10 Å². The van der Waals surface area contributed by atoms with E-state index in [0.717, 1.165) is 77.0 Å². The molecule has 0 heterocycles. The fourth-order valence-corrected chi connectivity index (χ4v) is 10.7. The Hall–Kier alpha value is -2.11. The van der Waals surface area contributed by atoms with E-state index in [1.807, 2.05) is 0 Å².